The van der Waals surface area contributed by atoms with Gasteiger partial charge >= 0.3 is 6.18 Å². The van der Waals surface area contributed by atoms with Crippen LogP contribution in [-0.2, 0) is 15.7 Å². The van der Waals surface area contributed by atoms with Crippen molar-refractivity contribution in [3.8, 4) is 0 Å². The minimum Gasteiger partial charge on any atom is -0.385 e. The Morgan fingerprint density at radius 2 is 1.97 bits per heavy atom. The fourth-order valence-corrected chi connectivity index (χ4v) is 4.72. The Bertz CT molecular complexity index is 1010. The van der Waals surface area contributed by atoms with E-state index in [9.17, 15) is 27.9 Å². The van der Waals surface area contributed by atoms with Crippen LogP contribution in [-0.4, -0.2) is 78.7 Å². The van der Waals surface area contributed by atoms with Crippen molar-refractivity contribution in [2.24, 2.45) is 4.99 Å². The molecule has 2 fully saturated rings. The molecule has 1 heterocycles. The summed E-state index contributed by atoms with van der Waals surface area (Å²) < 4.78 is 43.6. The van der Waals surface area contributed by atoms with Gasteiger partial charge in [-0.1, -0.05) is 12.1 Å². The summed E-state index contributed by atoms with van der Waals surface area (Å²) in [6.07, 6.45) is 1.59. The van der Waals surface area contributed by atoms with Crippen molar-refractivity contribution >= 4 is 18.0 Å². The van der Waals surface area contributed by atoms with Crippen molar-refractivity contribution in [3.05, 3.63) is 47.0 Å². The highest BCUT2D eigenvalue weighted by Crippen LogP contribution is 2.37. The second-order valence-electron chi connectivity index (χ2n) is 9.60. The van der Waals surface area contributed by atoms with E-state index in [-0.39, 0.29) is 24.4 Å². The predicted octanol–water partition coefficient (Wildman–Crippen LogP) is 2.92. The summed E-state index contributed by atoms with van der Waals surface area (Å²) in [6.45, 7) is 4.72. The summed E-state index contributed by atoms with van der Waals surface area (Å²) in [4.78, 5) is 31.0. The SMILES string of the molecule is C/C=C(\C=N/C(C)OC)C1(O)CCC(N2CC(NC(=O)CNC(=O)c3cccc(C(F)(F)F)c3)C2)CC1. The molecule has 0 aromatic heterocycles. The fourth-order valence-electron chi connectivity index (χ4n) is 4.72. The second kappa shape index (κ2) is 12.2. The second-order valence-corrected chi connectivity index (χ2v) is 9.60. The first-order valence-corrected chi connectivity index (χ1v) is 12.4. The van der Waals surface area contributed by atoms with Gasteiger partial charge < -0.3 is 20.5 Å². The molecule has 1 saturated heterocycles. The molecule has 3 N–H and O–H groups in total. The Balaban J connectivity index is 1.39. The number of hydrogen-bond donors (Lipinski definition) is 3. The molecule has 2 amide bonds. The maximum atomic E-state index is 12.8. The number of halogens is 3. The van der Waals surface area contributed by atoms with E-state index in [0.717, 1.165) is 36.6 Å². The first-order chi connectivity index (χ1) is 17.4. The molecule has 2 aliphatic rings. The minimum absolute atomic E-state index is 0.0625. The lowest BCUT2D eigenvalue weighted by molar-refractivity contribution is -0.137. The Kier molecular flexibility index (Phi) is 9.49. The van der Waals surface area contributed by atoms with Crippen LogP contribution in [0.5, 0.6) is 0 Å². The van der Waals surface area contributed by atoms with Crippen LogP contribution < -0.4 is 10.6 Å². The third-order valence-corrected chi connectivity index (χ3v) is 7.05. The third kappa shape index (κ3) is 7.62. The number of ether oxygens (including phenoxy) is 1. The lowest BCUT2D eigenvalue weighted by atomic mass is 9.76. The number of carbonyl (C=O) groups excluding carboxylic acids is 2. The van der Waals surface area contributed by atoms with Crippen LogP contribution in [0, 0.1) is 0 Å². The number of nitrogens with zero attached hydrogens (tertiary/aromatic N) is 2. The van der Waals surface area contributed by atoms with Gasteiger partial charge in [0.2, 0.25) is 5.91 Å². The average Bonchev–Trinajstić information content (AvgIpc) is 2.85. The van der Waals surface area contributed by atoms with Crippen molar-refractivity contribution < 1.29 is 32.6 Å². The van der Waals surface area contributed by atoms with E-state index in [1.807, 2.05) is 19.9 Å². The summed E-state index contributed by atoms with van der Waals surface area (Å²) in [5.41, 5.74) is -1.21. The molecule has 204 valence electrons. The van der Waals surface area contributed by atoms with Crippen molar-refractivity contribution in [2.45, 2.75) is 69.6 Å². The van der Waals surface area contributed by atoms with E-state index < -0.39 is 29.2 Å². The predicted molar refractivity (Wildman–Crippen MR) is 133 cm³/mol. The summed E-state index contributed by atoms with van der Waals surface area (Å²) in [5.74, 6) is -1.14. The van der Waals surface area contributed by atoms with Crippen molar-refractivity contribution in [1.82, 2.24) is 15.5 Å². The maximum Gasteiger partial charge on any atom is 0.416 e. The van der Waals surface area contributed by atoms with Gasteiger partial charge in [0.15, 0.2) is 0 Å². The first-order valence-electron chi connectivity index (χ1n) is 12.4. The number of hydrogen-bond acceptors (Lipinski definition) is 6. The third-order valence-electron chi connectivity index (χ3n) is 7.05. The molecular weight excluding hydrogens is 489 g/mol. The van der Waals surface area contributed by atoms with Gasteiger partial charge in [-0.3, -0.25) is 19.5 Å². The molecule has 0 radical (unpaired) electrons. The van der Waals surface area contributed by atoms with Gasteiger partial charge in [0.25, 0.3) is 5.91 Å². The number of likely N-dealkylation sites (tertiary alicyclic amines) is 1. The molecule has 37 heavy (non-hydrogen) atoms. The number of aliphatic imine (C=N–C) groups is 1. The van der Waals surface area contributed by atoms with Crippen LogP contribution in [0.3, 0.4) is 0 Å². The smallest absolute Gasteiger partial charge is 0.385 e. The highest BCUT2D eigenvalue weighted by atomic mass is 19.4. The van der Waals surface area contributed by atoms with E-state index in [0.29, 0.717) is 32.0 Å². The van der Waals surface area contributed by atoms with Crippen LogP contribution >= 0.6 is 0 Å². The number of nitrogens with one attached hydrogen (secondary N) is 2. The van der Waals surface area contributed by atoms with E-state index in [2.05, 4.69) is 20.5 Å². The minimum atomic E-state index is -4.55. The van der Waals surface area contributed by atoms with Gasteiger partial charge in [-0.15, -0.1) is 0 Å². The summed E-state index contributed by atoms with van der Waals surface area (Å²) in [7, 11) is 1.58. The zero-order valence-corrected chi connectivity index (χ0v) is 21.3. The molecular formula is C26H35F3N4O4. The van der Waals surface area contributed by atoms with Crippen LogP contribution in [0.1, 0.15) is 55.5 Å². The molecule has 0 spiro atoms. The Morgan fingerprint density at radius 1 is 1.30 bits per heavy atom. The summed E-state index contributed by atoms with van der Waals surface area (Å²) in [6, 6.07) is 4.31. The normalized spacial score (nSPS) is 24.5. The average molecular weight is 525 g/mol. The lowest BCUT2D eigenvalue weighted by Crippen LogP contribution is -2.63. The van der Waals surface area contributed by atoms with E-state index in [1.54, 1.807) is 13.3 Å². The van der Waals surface area contributed by atoms with Crippen LogP contribution in [0.15, 0.2) is 40.9 Å². The number of alkyl halides is 3. The number of amides is 2. The summed E-state index contributed by atoms with van der Waals surface area (Å²) in [5, 5.41) is 16.4. The Hall–Kier alpha value is -2.76. The number of aliphatic hydroxyl groups is 1. The van der Waals surface area contributed by atoms with Crippen molar-refractivity contribution in [1.29, 1.82) is 0 Å². The zero-order valence-electron chi connectivity index (χ0n) is 21.3. The lowest BCUT2D eigenvalue weighted by Gasteiger charge is -2.48. The van der Waals surface area contributed by atoms with Gasteiger partial charge in [0.05, 0.1) is 23.8 Å². The summed E-state index contributed by atoms with van der Waals surface area (Å²) >= 11 is 0. The number of rotatable bonds is 9. The molecule has 1 aromatic rings. The molecule has 8 nitrogen and oxygen atoms in total. The van der Waals surface area contributed by atoms with Gasteiger partial charge in [0.1, 0.15) is 6.23 Å². The highest BCUT2D eigenvalue weighted by Gasteiger charge is 2.41. The van der Waals surface area contributed by atoms with Gasteiger partial charge in [-0.2, -0.15) is 13.2 Å². The van der Waals surface area contributed by atoms with Gasteiger partial charge in [0, 0.05) is 38.0 Å². The van der Waals surface area contributed by atoms with E-state index in [4.69, 9.17) is 4.74 Å². The Morgan fingerprint density at radius 3 is 2.57 bits per heavy atom. The fraction of sp³-hybridized carbons (Fsp3) is 0.577. The highest BCUT2D eigenvalue weighted by molar-refractivity contribution is 5.96. The van der Waals surface area contributed by atoms with Crippen molar-refractivity contribution in [3.63, 3.8) is 0 Å². The standard InChI is InChI=1S/C26H35F3N4O4/c1-4-19(13-30-17(2)37-3)25(36)10-8-22(9-11-25)33-15-21(16-33)32-23(34)14-31-24(35)18-6-5-7-20(12-18)26(27,28)29/h4-7,12-13,17,21-22,36H,8-11,14-16H2,1-3H3,(H,31,35)(H,32,34)/b19-4+,30-13-. The number of allylic oxidation sites excluding steroid dienone is 1. The number of methoxy groups -OCH3 is 1. The molecule has 1 aromatic carbocycles. The van der Waals surface area contributed by atoms with Gasteiger partial charge in [-0.25, -0.2) is 0 Å². The molecule has 1 aliphatic heterocycles. The topological polar surface area (TPSA) is 103 Å². The molecule has 11 heteroatoms. The molecule has 0 bridgehead atoms. The van der Waals surface area contributed by atoms with E-state index in [1.165, 1.54) is 6.07 Å². The van der Waals surface area contributed by atoms with Gasteiger partial charge in [-0.05, 0) is 63.3 Å². The molecule has 1 unspecified atom stereocenters. The Labute approximate surface area is 215 Å². The molecule has 1 saturated carbocycles. The maximum absolute atomic E-state index is 12.8. The quantitative estimate of drug-likeness (QED) is 0.431. The van der Waals surface area contributed by atoms with Crippen LogP contribution in [0.2, 0.25) is 0 Å². The largest absolute Gasteiger partial charge is 0.416 e. The molecule has 1 atom stereocenters. The monoisotopic (exact) mass is 524 g/mol. The van der Waals surface area contributed by atoms with Crippen LogP contribution in [0.25, 0.3) is 0 Å². The van der Waals surface area contributed by atoms with E-state index >= 15 is 0 Å². The van der Waals surface area contributed by atoms with Crippen LogP contribution in [0.4, 0.5) is 13.2 Å². The first kappa shape index (κ1) is 28.8. The molecule has 3 rings (SSSR count). The van der Waals surface area contributed by atoms with Crippen molar-refractivity contribution in [2.75, 3.05) is 26.7 Å². The zero-order chi connectivity index (χ0) is 27.2. The number of carbonyl (C=O) groups is 2. The number of benzene rings is 1. The molecule has 1 aliphatic carbocycles.